The molecule has 1 aromatic carbocycles. The summed E-state index contributed by atoms with van der Waals surface area (Å²) < 4.78 is 1.53. The summed E-state index contributed by atoms with van der Waals surface area (Å²) in [6.45, 7) is 0.951. The van der Waals surface area contributed by atoms with Gasteiger partial charge in [-0.05, 0) is 41.0 Å². The van der Waals surface area contributed by atoms with Crippen molar-refractivity contribution in [3.8, 4) is 11.9 Å². The number of benzene rings is 1. The summed E-state index contributed by atoms with van der Waals surface area (Å²) in [5.41, 5.74) is 1.02. The van der Waals surface area contributed by atoms with E-state index in [1.807, 2.05) is 36.4 Å². The number of rotatable bonds is 7. The molecule has 2 heterocycles. The monoisotopic (exact) mass is 437 g/mol. The van der Waals surface area contributed by atoms with Gasteiger partial charge in [-0.3, -0.25) is 4.90 Å². The van der Waals surface area contributed by atoms with Crippen LogP contribution in [0, 0.1) is 11.3 Å². The molecule has 8 nitrogen and oxygen atoms in total. The number of aliphatic hydroxyl groups excluding tert-OH is 1. The average Bonchev–Trinajstić information content (AvgIpc) is 3.28. The second-order valence-electron chi connectivity index (χ2n) is 7.77. The van der Waals surface area contributed by atoms with Crippen molar-refractivity contribution < 1.29 is 5.11 Å². The molecule has 3 aromatic rings. The predicted molar refractivity (Wildman–Crippen MR) is 115 cm³/mol. The van der Waals surface area contributed by atoms with E-state index in [1.165, 1.54) is 23.9 Å². The van der Waals surface area contributed by atoms with Gasteiger partial charge in [0, 0.05) is 12.6 Å². The number of halogens is 1. The van der Waals surface area contributed by atoms with Gasteiger partial charge >= 0.3 is 0 Å². The van der Waals surface area contributed by atoms with Gasteiger partial charge in [-0.1, -0.05) is 61.2 Å². The van der Waals surface area contributed by atoms with E-state index >= 15 is 0 Å². The Bertz CT molecular complexity index is 1040. The SMILES string of the molecule is N#Cc1nc(-n2nnnc2CN(CC(O)c2ccccc2)C2CCCCC2)ccc1Cl. The lowest BCUT2D eigenvalue weighted by molar-refractivity contribution is 0.0651. The Balaban J connectivity index is 1.59. The smallest absolute Gasteiger partial charge is 0.172 e. The molecule has 0 aliphatic heterocycles. The summed E-state index contributed by atoms with van der Waals surface area (Å²) in [4.78, 5) is 6.55. The zero-order chi connectivity index (χ0) is 21.6. The van der Waals surface area contributed by atoms with Crippen molar-refractivity contribution in [3.05, 3.63) is 64.6 Å². The maximum Gasteiger partial charge on any atom is 0.172 e. The second kappa shape index (κ2) is 9.96. The Labute approximate surface area is 186 Å². The number of hydrogen-bond donors (Lipinski definition) is 1. The Morgan fingerprint density at radius 2 is 1.94 bits per heavy atom. The van der Waals surface area contributed by atoms with E-state index in [9.17, 15) is 10.4 Å². The van der Waals surface area contributed by atoms with Crippen molar-refractivity contribution in [1.82, 2.24) is 30.1 Å². The Hall–Kier alpha value is -2.86. The minimum absolute atomic E-state index is 0.129. The van der Waals surface area contributed by atoms with E-state index in [-0.39, 0.29) is 10.7 Å². The fourth-order valence-corrected chi connectivity index (χ4v) is 4.23. The third-order valence-electron chi connectivity index (χ3n) is 5.72. The fourth-order valence-electron chi connectivity index (χ4n) is 4.08. The minimum Gasteiger partial charge on any atom is -0.387 e. The number of aliphatic hydroxyl groups is 1. The van der Waals surface area contributed by atoms with E-state index in [0.717, 1.165) is 18.4 Å². The zero-order valence-corrected chi connectivity index (χ0v) is 17.9. The normalized spacial score (nSPS) is 15.7. The van der Waals surface area contributed by atoms with Gasteiger partial charge in [-0.2, -0.15) is 9.94 Å². The summed E-state index contributed by atoms with van der Waals surface area (Å²) in [6.07, 6.45) is 5.16. The van der Waals surface area contributed by atoms with Crippen LogP contribution in [0.1, 0.15) is 55.3 Å². The van der Waals surface area contributed by atoms with Crippen LogP contribution in [0.2, 0.25) is 5.02 Å². The first-order valence-electron chi connectivity index (χ1n) is 10.5. The van der Waals surface area contributed by atoms with Crippen molar-refractivity contribution in [2.24, 2.45) is 0 Å². The number of pyridine rings is 1. The third-order valence-corrected chi connectivity index (χ3v) is 6.02. The van der Waals surface area contributed by atoms with Crippen molar-refractivity contribution in [2.45, 2.75) is 50.8 Å². The molecule has 1 aliphatic rings. The van der Waals surface area contributed by atoms with Crippen molar-refractivity contribution in [2.75, 3.05) is 6.54 Å². The first-order valence-corrected chi connectivity index (χ1v) is 10.8. The molecule has 2 aromatic heterocycles. The van der Waals surface area contributed by atoms with Crippen LogP contribution in [-0.4, -0.2) is 47.8 Å². The molecule has 1 saturated carbocycles. The molecule has 0 radical (unpaired) electrons. The second-order valence-corrected chi connectivity index (χ2v) is 8.17. The van der Waals surface area contributed by atoms with Crippen LogP contribution in [0.4, 0.5) is 0 Å². The molecule has 1 atom stereocenters. The lowest BCUT2D eigenvalue weighted by atomic mass is 9.93. The number of tetrazole rings is 1. The highest BCUT2D eigenvalue weighted by Gasteiger charge is 2.26. The summed E-state index contributed by atoms with van der Waals surface area (Å²) >= 11 is 6.02. The average molecular weight is 438 g/mol. The predicted octanol–water partition coefficient (Wildman–Crippen LogP) is 3.45. The number of nitriles is 1. The summed E-state index contributed by atoms with van der Waals surface area (Å²) in [7, 11) is 0. The molecule has 0 spiro atoms. The lowest BCUT2D eigenvalue weighted by Crippen LogP contribution is -2.39. The molecule has 0 amide bonds. The highest BCUT2D eigenvalue weighted by Crippen LogP contribution is 2.26. The number of aromatic nitrogens is 5. The fraction of sp³-hybridized carbons (Fsp3) is 0.409. The zero-order valence-electron chi connectivity index (χ0n) is 17.1. The minimum atomic E-state index is -0.605. The third kappa shape index (κ3) is 5.07. The molecule has 160 valence electrons. The van der Waals surface area contributed by atoms with Gasteiger partial charge < -0.3 is 5.11 Å². The summed E-state index contributed by atoms with van der Waals surface area (Å²) in [5.74, 6) is 1.04. The molecular formula is C22H24ClN7O. The largest absolute Gasteiger partial charge is 0.387 e. The van der Waals surface area contributed by atoms with Crippen molar-refractivity contribution in [1.29, 1.82) is 5.26 Å². The molecule has 1 aliphatic carbocycles. The maximum atomic E-state index is 10.9. The molecule has 31 heavy (non-hydrogen) atoms. The molecule has 9 heteroatoms. The maximum absolute atomic E-state index is 10.9. The van der Waals surface area contributed by atoms with Gasteiger partial charge in [0.1, 0.15) is 6.07 Å². The van der Waals surface area contributed by atoms with Crippen LogP contribution in [0.15, 0.2) is 42.5 Å². The first-order chi connectivity index (χ1) is 15.2. The van der Waals surface area contributed by atoms with Gasteiger partial charge in [-0.25, -0.2) is 4.98 Å². The Morgan fingerprint density at radius 3 is 2.68 bits per heavy atom. The van der Waals surface area contributed by atoms with E-state index in [4.69, 9.17) is 11.6 Å². The van der Waals surface area contributed by atoms with Crippen molar-refractivity contribution in [3.63, 3.8) is 0 Å². The highest BCUT2D eigenvalue weighted by molar-refractivity contribution is 6.31. The molecule has 0 bridgehead atoms. The Morgan fingerprint density at radius 1 is 1.16 bits per heavy atom. The topological polar surface area (TPSA) is 104 Å². The Kier molecular flexibility index (Phi) is 6.87. The van der Waals surface area contributed by atoms with E-state index < -0.39 is 6.10 Å². The quantitative estimate of drug-likeness (QED) is 0.603. The van der Waals surface area contributed by atoms with Crippen LogP contribution >= 0.6 is 11.6 Å². The van der Waals surface area contributed by atoms with E-state index in [2.05, 4.69) is 25.4 Å². The van der Waals surface area contributed by atoms with Gasteiger partial charge in [0.05, 0.1) is 17.7 Å². The molecule has 1 fully saturated rings. The summed E-state index contributed by atoms with van der Waals surface area (Å²) in [5, 5.41) is 32.5. The van der Waals surface area contributed by atoms with Crippen LogP contribution in [0.25, 0.3) is 5.82 Å². The van der Waals surface area contributed by atoms with E-state index in [1.54, 1.807) is 12.1 Å². The molecular weight excluding hydrogens is 414 g/mol. The van der Waals surface area contributed by atoms with Gasteiger partial charge in [0.25, 0.3) is 0 Å². The van der Waals surface area contributed by atoms with Crippen LogP contribution < -0.4 is 0 Å². The van der Waals surface area contributed by atoms with E-state index in [0.29, 0.717) is 30.8 Å². The highest BCUT2D eigenvalue weighted by atomic mass is 35.5. The first kappa shape index (κ1) is 21.4. The van der Waals surface area contributed by atoms with Crippen molar-refractivity contribution >= 4 is 11.6 Å². The molecule has 1 N–H and O–H groups in total. The molecule has 4 rings (SSSR count). The van der Waals surface area contributed by atoms with Crippen LogP contribution in [-0.2, 0) is 6.54 Å². The lowest BCUT2D eigenvalue weighted by Gasteiger charge is -2.35. The van der Waals surface area contributed by atoms with Gasteiger partial charge in [0.15, 0.2) is 17.3 Å². The molecule has 1 unspecified atom stereocenters. The number of nitrogens with zero attached hydrogens (tertiary/aromatic N) is 7. The van der Waals surface area contributed by atoms with Crippen LogP contribution in [0.3, 0.4) is 0 Å². The summed E-state index contributed by atoms with van der Waals surface area (Å²) in [6, 6.07) is 15.3. The standard InChI is InChI=1S/C22H24ClN7O/c23-18-11-12-21(25-19(18)13-24)30-22(26-27-28-30)15-29(17-9-5-2-6-10-17)14-20(31)16-7-3-1-4-8-16/h1,3-4,7-8,11-12,17,20,31H,2,5-6,9-10,14-15H2. The van der Waals surface area contributed by atoms with Gasteiger partial charge in [0.2, 0.25) is 0 Å². The molecule has 0 saturated heterocycles. The number of hydrogen-bond acceptors (Lipinski definition) is 7. The van der Waals surface area contributed by atoms with Crippen LogP contribution in [0.5, 0.6) is 0 Å². The van der Waals surface area contributed by atoms with Gasteiger partial charge in [-0.15, -0.1) is 5.10 Å².